The van der Waals surface area contributed by atoms with Crippen molar-refractivity contribution in [2.75, 3.05) is 5.32 Å². The predicted octanol–water partition coefficient (Wildman–Crippen LogP) is 1.41. The number of Topliss-reactive ketones (excluding diaryl/α,β-unsaturated/α-hetero) is 1. The number of rotatable bonds is 3. The minimum atomic E-state index is -1.40. The first-order valence-corrected chi connectivity index (χ1v) is 4.10. The summed E-state index contributed by atoms with van der Waals surface area (Å²) in [6.07, 6.45) is -0.981. The van der Waals surface area contributed by atoms with Gasteiger partial charge in [-0.2, -0.15) is 9.65 Å². The molecule has 0 bridgehead atoms. The monoisotopic (exact) mass is 223 g/mol. The third-order valence-electron chi connectivity index (χ3n) is 1.65. The fraction of sp³-hybridized carbons (Fsp3) is 0.111. The molecule has 0 fully saturated rings. The molecule has 0 radical (unpaired) electrons. The molecule has 0 aliphatic carbocycles. The molecule has 1 aromatic rings. The molecule has 7 heteroatoms. The molecule has 1 heterocycles. The Morgan fingerprint density at radius 3 is 2.88 bits per heavy atom. The van der Waals surface area contributed by atoms with E-state index in [0.717, 1.165) is 12.3 Å². The molecule has 6 nitrogen and oxygen atoms in total. The van der Waals surface area contributed by atoms with Crippen molar-refractivity contribution in [3.8, 4) is 6.07 Å². The average molecular weight is 223 g/mol. The number of hydrogen-bond donors (Lipinski definition) is 2. The molecule has 2 N–H and O–H groups in total. The van der Waals surface area contributed by atoms with Crippen LogP contribution in [0.3, 0.4) is 0 Å². The summed E-state index contributed by atoms with van der Waals surface area (Å²) in [5, 5.41) is 18.7. The number of nitrogens with one attached hydrogen (secondary N) is 1. The lowest BCUT2D eigenvalue weighted by atomic mass is 10.1. The van der Waals surface area contributed by atoms with Gasteiger partial charge in [-0.1, -0.05) is 0 Å². The normalized spacial score (nSPS) is 9.25. The minimum Gasteiger partial charge on any atom is -0.465 e. The Balaban J connectivity index is 3.13. The smallest absolute Gasteiger partial charge is 0.409 e. The van der Waals surface area contributed by atoms with Crippen molar-refractivity contribution in [1.29, 1.82) is 5.26 Å². The molecule has 1 amide bonds. The van der Waals surface area contributed by atoms with Gasteiger partial charge >= 0.3 is 6.09 Å². The molecule has 0 atom stereocenters. The van der Waals surface area contributed by atoms with Crippen molar-refractivity contribution in [2.45, 2.75) is 6.42 Å². The first-order chi connectivity index (χ1) is 7.54. The number of pyridine rings is 1. The van der Waals surface area contributed by atoms with Gasteiger partial charge in [-0.15, -0.1) is 0 Å². The number of halogens is 1. The topological polar surface area (TPSA) is 103 Å². The third kappa shape index (κ3) is 2.75. The molecule has 0 aliphatic heterocycles. The van der Waals surface area contributed by atoms with E-state index in [-0.39, 0.29) is 11.3 Å². The van der Waals surface area contributed by atoms with Crippen molar-refractivity contribution in [2.24, 2.45) is 0 Å². The third-order valence-corrected chi connectivity index (χ3v) is 1.65. The van der Waals surface area contributed by atoms with Crippen LogP contribution in [0, 0.1) is 17.3 Å². The molecule has 16 heavy (non-hydrogen) atoms. The molecule has 0 saturated heterocycles. The van der Waals surface area contributed by atoms with Crippen molar-refractivity contribution in [3.05, 3.63) is 23.8 Å². The standard InChI is InChI=1S/C9H6FN3O3/c10-8-3-5(7(14)1-2-11)6(4-12-8)13-9(15)16/h3-4,13H,1H2,(H,15,16). The molecule has 0 unspecified atom stereocenters. The first-order valence-electron chi connectivity index (χ1n) is 4.10. The Bertz CT molecular complexity index is 481. The van der Waals surface area contributed by atoms with Gasteiger partial charge in [0, 0.05) is 11.6 Å². The zero-order valence-corrected chi connectivity index (χ0v) is 7.90. The van der Waals surface area contributed by atoms with Crippen molar-refractivity contribution in [1.82, 2.24) is 4.98 Å². The van der Waals surface area contributed by atoms with Crippen molar-refractivity contribution < 1.29 is 19.1 Å². The van der Waals surface area contributed by atoms with E-state index in [1.165, 1.54) is 0 Å². The molecule has 82 valence electrons. The highest BCUT2D eigenvalue weighted by atomic mass is 19.1. The van der Waals surface area contributed by atoms with Gasteiger partial charge in [-0.05, 0) is 0 Å². The van der Waals surface area contributed by atoms with Crippen LogP contribution in [-0.4, -0.2) is 22.0 Å². The SMILES string of the molecule is N#CCC(=O)c1cc(F)ncc1NC(=O)O. The summed E-state index contributed by atoms with van der Waals surface area (Å²) >= 11 is 0. The molecule has 0 aromatic carbocycles. The zero-order valence-electron chi connectivity index (χ0n) is 7.90. The lowest BCUT2D eigenvalue weighted by Gasteiger charge is -2.05. The second-order valence-electron chi connectivity index (χ2n) is 2.74. The maximum absolute atomic E-state index is 12.8. The number of ketones is 1. The number of carbonyl (C=O) groups excluding carboxylic acids is 1. The second-order valence-corrected chi connectivity index (χ2v) is 2.74. The van der Waals surface area contributed by atoms with Crippen LogP contribution < -0.4 is 5.32 Å². The van der Waals surface area contributed by atoms with E-state index < -0.39 is 24.2 Å². The van der Waals surface area contributed by atoms with Gasteiger partial charge < -0.3 is 5.11 Å². The van der Waals surface area contributed by atoms with E-state index >= 15 is 0 Å². The van der Waals surface area contributed by atoms with Crippen LogP contribution in [0.1, 0.15) is 16.8 Å². The fourth-order valence-corrected chi connectivity index (χ4v) is 1.04. The molecule has 1 aromatic heterocycles. The number of nitriles is 1. The van der Waals surface area contributed by atoms with Crippen LogP contribution in [0.25, 0.3) is 0 Å². The number of anilines is 1. The Labute approximate surface area is 89.3 Å². The summed E-state index contributed by atoms with van der Waals surface area (Å²) in [4.78, 5) is 24.9. The Hall–Kier alpha value is -2.49. The zero-order chi connectivity index (χ0) is 12.1. The molecular weight excluding hydrogens is 217 g/mol. The maximum atomic E-state index is 12.8. The van der Waals surface area contributed by atoms with Crippen LogP contribution in [-0.2, 0) is 0 Å². The number of carbonyl (C=O) groups is 2. The number of aromatic nitrogens is 1. The number of nitrogens with zero attached hydrogens (tertiary/aromatic N) is 2. The van der Waals surface area contributed by atoms with Gasteiger partial charge in [-0.25, -0.2) is 9.78 Å². The molecular formula is C9H6FN3O3. The Kier molecular flexibility index (Phi) is 3.50. The highest BCUT2D eigenvalue weighted by Gasteiger charge is 2.14. The van der Waals surface area contributed by atoms with Gasteiger partial charge in [0.25, 0.3) is 0 Å². The number of hydrogen-bond acceptors (Lipinski definition) is 4. The Morgan fingerprint density at radius 1 is 1.62 bits per heavy atom. The highest BCUT2D eigenvalue weighted by Crippen LogP contribution is 2.16. The van der Waals surface area contributed by atoms with E-state index in [9.17, 15) is 14.0 Å². The van der Waals surface area contributed by atoms with Gasteiger partial charge in [-0.3, -0.25) is 10.1 Å². The maximum Gasteiger partial charge on any atom is 0.409 e. The summed E-state index contributed by atoms with van der Waals surface area (Å²) in [5.74, 6) is -1.59. The molecule has 0 aliphatic rings. The van der Waals surface area contributed by atoms with Crippen LogP contribution in [0.5, 0.6) is 0 Å². The van der Waals surface area contributed by atoms with E-state index in [1.54, 1.807) is 6.07 Å². The molecule has 0 spiro atoms. The van der Waals surface area contributed by atoms with Crippen LogP contribution >= 0.6 is 0 Å². The minimum absolute atomic E-state index is 0.144. The quantitative estimate of drug-likeness (QED) is 0.595. The molecule has 0 saturated carbocycles. The van der Waals surface area contributed by atoms with E-state index in [2.05, 4.69) is 4.98 Å². The lowest BCUT2D eigenvalue weighted by molar-refractivity contribution is 0.0998. The van der Waals surface area contributed by atoms with E-state index in [1.807, 2.05) is 5.32 Å². The summed E-state index contributed by atoms with van der Waals surface area (Å²) in [6.45, 7) is 0. The summed E-state index contributed by atoms with van der Waals surface area (Å²) in [6, 6.07) is 2.38. The number of amides is 1. The number of carboxylic acid groups (broad SMARTS) is 1. The first kappa shape index (κ1) is 11.6. The van der Waals surface area contributed by atoms with Crippen LogP contribution in [0.2, 0.25) is 0 Å². The van der Waals surface area contributed by atoms with Gasteiger partial charge in [0.05, 0.1) is 24.4 Å². The van der Waals surface area contributed by atoms with Gasteiger partial charge in [0.15, 0.2) is 5.78 Å². The fourth-order valence-electron chi connectivity index (χ4n) is 1.04. The average Bonchev–Trinajstić information content (AvgIpc) is 2.20. The van der Waals surface area contributed by atoms with Crippen LogP contribution in [0.15, 0.2) is 12.3 Å². The second kappa shape index (κ2) is 4.84. The summed E-state index contributed by atoms with van der Waals surface area (Å²) < 4.78 is 12.8. The Morgan fingerprint density at radius 2 is 2.31 bits per heavy atom. The lowest BCUT2D eigenvalue weighted by Crippen LogP contribution is -2.12. The van der Waals surface area contributed by atoms with Crippen LogP contribution in [0.4, 0.5) is 14.9 Å². The summed E-state index contributed by atoms with van der Waals surface area (Å²) in [7, 11) is 0. The largest absolute Gasteiger partial charge is 0.465 e. The van der Waals surface area contributed by atoms with Crippen molar-refractivity contribution in [3.63, 3.8) is 0 Å². The predicted molar refractivity (Wildman–Crippen MR) is 50.4 cm³/mol. The van der Waals surface area contributed by atoms with E-state index in [0.29, 0.717) is 0 Å². The van der Waals surface area contributed by atoms with Gasteiger partial charge in [0.2, 0.25) is 5.95 Å². The molecule has 1 rings (SSSR count). The summed E-state index contributed by atoms with van der Waals surface area (Å²) in [5.41, 5.74) is -0.356. The van der Waals surface area contributed by atoms with Gasteiger partial charge in [0.1, 0.15) is 0 Å². The van der Waals surface area contributed by atoms with E-state index in [4.69, 9.17) is 10.4 Å². The van der Waals surface area contributed by atoms with Crippen molar-refractivity contribution >= 4 is 17.6 Å². The highest BCUT2D eigenvalue weighted by molar-refractivity contribution is 6.04.